The number of aryl methyl sites for hydroxylation is 1. The van der Waals surface area contributed by atoms with E-state index in [1.165, 1.54) is 12.1 Å². The van der Waals surface area contributed by atoms with E-state index in [2.05, 4.69) is 5.32 Å². The molecule has 30 heavy (non-hydrogen) atoms. The maximum atomic E-state index is 12.7. The second-order valence-electron chi connectivity index (χ2n) is 8.36. The lowest BCUT2D eigenvalue weighted by molar-refractivity contribution is -0.122. The lowest BCUT2D eigenvalue weighted by atomic mass is 9.89. The molecular formula is C22H24N2O5S. The Kier molecular flexibility index (Phi) is 4.85. The van der Waals surface area contributed by atoms with Gasteiger partial charge >= 0.3 is 0 Å². The highest BCUT2D eigenvalue weighted by Crippen LogP contribution is 2.40. The van der Waals surface area contributed by atoms with Gasteiger partial charge in [-0.1, -0.05) is 24.3 Å². The van der Waals surface area contributed by atoms with Crippen LogP contribution < -0.4 is 10.1 Å². The summed E-state index contributed by atoms with van der Waals surface area (Å²) >= 11 is 0. The molecule has 2 amide bonds. The molecule has 158 valence electrons. The number of fused-ring (bicyclic) bond motifs is 2. The van der Waals surface area contributed by atoms with Crippen molar-refractivity contribution in [2.24, 2.45) is 0 Å². The number of hydrogen-bond acceptors (Lipinski definition) is 5. The SMILES string of the molecule is Cc1ccc2c(c1)OC(C)(C)C[C@@H]2NC(=O)CCN1C(=O)c2ccccc2S1(=O)=O. The van der Waals surface area contributed by atoms with Gasteiger partial charge in [-0.15, -0.1) is 0 Å². The van der Waals surface area contributed by atoms with Crippen molar-refractivity contribution in [3.05, 3.63) is 59.2 Å². The van der Waals surface area contributed by atoms with E-state index in [4.69, 9.17) is 4.74 Å². The van der Waals surface area contributed by atoms with Crippen LogP contribution in [0.1, 0.15) is 54.2 Å². The quantitative estimate of drug-likeness (QED) is 0.808. The van der Waals surface area contributed by atoms with Crippen molar-refractivity contribution in [3.8, 4) is 5.75 Å². The number of nitrogens with one attached hydrogen (secondary N) is 1. The van der Waals surface area contributed by atoms with Gasteiger partial charge in [0.15, 0.2) is 0 Å². The normalized spacial score (nSPS) is 20.8. The summed E-state index contributed by atoms with van der Waals surface area (Å²) in [6.07, 6.45) is 0.471. The van der Waals surface area contributed by atoms with Crippen LogP contribution >= 0.6 is 0 Å². The third kappa shape index (κ3) is 3.56. The van der Waals surface area contributed by atoms with Crippen molar-refractivity contribution < 1.29 is 22.7 Å². The third-order valence-corrected chi connectivity index (χ3v) is 7.26. The number of ether oxygens (including phenoxy) is 1. The summed E-state index contributed by atoms with van der Waals surface area (Å²) in [6.45, 7) is 5.70. The van der Waals surface area contributed by atoms with Crippen LogP contribution in [0.3, 0.4) is 0 Å². The first-order valence-electron chi connectivity index (χ1n) is 9.83. The number of rotatable bonds is 4. The minimum Gasteiger partial charge on any atom is -0.487 e. The van der Waals surface area contributed by atoms with Crippen molar-refractivity contribution >= 4 is 21.8 Å². The van der Waals surface area contributed by atoms with Crippen molar-refractivity contribution in [1.29, 1.82) is 0 Å². The monoisotopic (exact) mass is 428 g/mol. The van der Waals surface area contributed by atoms with E-state index in [0.717, 1.165) is 21.2 Å². The lowest BCUT2D eigenvalue weighted by Gasteiger charge is -2.38. The summed E-state index contributed by atoms with van der Waals surface area (Å²) in [7, 11) is -3.91. The minimum atomic E-state index is -3.91. The Balaban J connectivity index is 1.47. The van der Waals surface area contributed by atoms with Gasteiger partial charge in [0.25, 0.3) is 15.9 Å². The molecule has 0 saturated carbocycles. The first kappa shape index (κ1) is 20.4. The molecule has 0 aliphatic carbocycles. The molecule has 0 unspecified atom stereocenters. The van der Waals surface area contributed by atoms with E-state index in [9.17, 15) is 18.0 Å². The van der Waals surface area contributed by atoms with Crippen LogP contribution in [-0.4, -0.2) is 36.7 Å². The van der Waals surface area contributed by atoms with Gasteiger partial charge in [-0.2, -0.15) is 0 Å². The molecule has 0 bridgehead atoms. The van der Waals surface area contributed by atoms with Gasteiger partial charge < -0.3 is 10.1 Å². The zero-order valence-corrected chi connectivity index (χ0v) is 18.0. The van der Waals surface area contributed by atoms with Gasteiger partial charge in [-0.25, -0.2) is 12.7 Å². The molecule has 0 saturated heterocycles. The summed E-state index contributed by atoms with van der Waals surface area (Å²) < 4.78 is 32.1. The van der Waals surface area contributed by atoms with Crippen LogP contribution in [0.5, 0.6) is 5.75 Å². The van der Waals surface area contributed by atoms with Crippen LogP contribution in [0.15, 0.2) is 47.4 Å². The maximum Gasteiger partial charge on any atom is 0.269 e. The molecule has 0 radical (unpaired) electrons. The Hall–Kier alpha value is -2.87. The Labute approximate surface area is 176 Å². The highest BCUT2D eigenvalue weighted by Gasteiger charge is 2.41. The molecule has 1 N–H and O–H groups in total. The molecule has 4 rings (SSSR count). The standard InChI is InChI=1S/C22H24N2O5S/c1-14-8-9-15-17(13-22(2,3)29-18(15)12-14)23-20(25)10-11-24-21(26)16-6-4-5-7-19(16)30(24,27)28/h4-9,12,17H,10-11,13H2,1-3H3,(H,23,25)/t17-/m0/s1. The largest absolute Gasteiger partial charge is 0.487 e. The zero-order chi connectivity index (χ0) is 21.7. The maximum absolute atomic E-state index is 12.7. The van der Waals surface area contributed by atoms with E-state index < -0.39 is 21.5 Å². The third-order valence-electron chi connectivity index (χ3n) is 5.42. The Morgan fingerprint density at radius 3 is 2.70 bits per heavy atom. The number of carbonyl (C=O) groups excluding carboxylic acids is 2. The van der Waals surface area contributed by atoms with Crippen molar-refractivity contribution in [1.82, 2.24) is 9.62 Å². The van der Waals surface area contributed by atoms with Crippen LogP contribution in [0.2, 0.25) is 0 Å². The second-order valence-corrected chi connectivity index (χ2v) is 10.2. The van der Waals surface area contributed by atoms with Crippen molar-refractivity contribution in [2.75, 3.05) is 6.54 Å². The average Bonchev–Trinajstić information content (AvgIpc) is 2.85. The molecular weight excluding hydrogens is 404 g/mol. The smallest absolute Gasteiger partial charge is 0.269 e. The predicted octanol–water partition coefficient (Wildman–Crippen LogP) is 2.95. The summed E-state index contributed by atoms with van der Waals surface area (Å²) in [6, 6.07) is 11.7. The fraction of sp³-hybridized carbons (Fsp3) is 0.364. The van der Waals surface area contributed by atoms with E-state index in [1.807, 2.05) is 39.0 Å². The predicted molar refractivity (Wildman–Crippen MR) is 111 cm³/mol. The van der Waals surface area contributed by atoms with Gasteiger partial charge in [-0.05, 0) is 44.5 Å². The molecule has 2 aliphatic rings. The molecule has 0 spiro atoms. The van der Waals surface area contributed by atoms with Gasteiger partial charge in [0.05, 0.1) is 11.6 Å². The number of benzene rings is 2. The van der Waals surface area contributed by atoms with E-state index in [1.54, 1.807) is 12.1 Å². The second kappa shape index (κ2) is 7.12. The van der Waals surface area contributed by atoms with Crippen LogP contribution in [0, 0.1) is 6.92 Å². The average molecular weight is 429 g/mol. The van der Waals surface area contributed by atoms with E-state index in [-0.39, 0.29) is 35.4 Å². The van der Waals surface area contributed by atoms with Gasteiger partial charge in [0, 0.05) is 24.9 Å². The Morgan fingerprint density at radius 1 is 1.23 bits per heavy atom. The number of nitrogens with zero attached hydrogens (tertiary/aromatic N) is 1. The molecule has 0 fully saturated rings. The first-order chi connectivity index (χ1) is 14.1. The van der Waals surface area contributed by atoms with Gasteiger partial charge in [0.1, 0.15) is 16.2 Å². The first-order valence-corrected chi connectivity index (χ1v) is 11.3. The highest BCUT2D eigenvalue weighted by atomic mass is 32.2. The van der Waals surface area contributed by atoms with Crippen LogP contribution in [0.4, 0.5) is 0 Å². The molecule has 2 aromatic carbocycles. The summed E-state index contributed by atoms with van der Waals surface area (Å²) in [5, 5.41) is 2.99. The number of amides is 2. The summed E-state index contributed by atoms with van der Waals surface area (Å²) in [5.41, 5.74) is 1.65. The van der Waals surface area contributed by atoms with Crippen LogP contribution in [0.25, 0.3) is 0 Å². The minimum absolute atomic E-state index is 0.00844. The lowest BCUT2D eigenvalue weighted by Crippen LogP contribution is -2.42. The molecule has 2 aliphatic heterocycles. The van der Waals surface area contributed by atoms with Crippen molar-refractivity contribution in [3.63, 3.8) is 0 Å². The number of sulfonamides is 1. The Morgan fingerprint density at radius 2 is 1.97 bits per heavy atom. The highest BCUT2D eigenvalue weighted by molar-refractivity contribution is 7.90. The van der Waals surface area contributed by atoms with Gasteiger partial charge in [0.2, 0.25) is 5.91 Å². The number of carbonyl (C=O) groups is 2. The molecule has 1 atom stereocenters. The number of hydrogen-bond donors (Lipinski definition) is 1. The molecule has 2 aromatic rings. The summed E-state index contributed by atoms with van der Waals surface area (Å²) in [4.78, 5) is 25.1. The molecule has 8 heteroatoms. The topological polar surface area (TPSA) is 92.8 Å². The fourth-order valence-electron chi connectivity index (χ4n) is 4.01. The van der Waals surface area contributed by atoms with Crippen molar-refractivity contribution in [2.45, 2.75) is 50.2 Å². The Bertz CT molecular complexity index is 1140. The van der Waals surface area contributed by atoms with E-state index in [0.29, 0.717) is 6.42 Å². The molecule has 2 heterocycles. The summed E-state index contributed by atoms with van der Waals surface area (Å²) in [5.74, 6) is -0.168. The molecule has 0 aromatic heterocycles. The fourth-order valence-corrected chi connectivity index (χ4v) is 5.58. The van der Waals surface area contributed by atoms with Gasteiger partial charge in [-0.3, -0.25) is 9.59 Å². The van der Waals surface area contributed by atoms with Crippen LogP contribution in [-0.2, 0) is 14.8 Å². The zero-order valence-electron chi connectivity index (χ0n) is 17.1. The molecule has 7 nitrogen and oxygen atoms in total. The van der Waals surface area contributed by atoms with E-state index >= 15 is 0 Å².